The molecule has 0 aromatic heterocycles. The van der Waals surface area contributed by atoms with Crippen LogP contribution in [0.3, 0.4) is 0 Å². The molecule has 0 unspecified atom stereocenters. The maximum absolute atomic E-state index is 2.67. The summed E-state index contributed by atoms with van der Waals surface area (Å²) >= 11 is 2.09. The molecule has 1 aromatic carbocycles. The van der Waals surface area contributed by atoms with Crippen LogP contribution >= 0.6 is 11.8 Å². The largest absolute Gasteiger partial charge is 0.302 e. The molecule has 2 heterocycles. The van der Waals surface area contributed by atoms with Gasteiger partial charge < -0.3 is 9.80 Å². The van der Waals surface area contributed by atoms with Gasteiger partial charge in [-0.3, -0.25) is 0 Å². The standard InChI is InChI=1S/C18H28N2S/c1-16-5-4-6-18(15-16)21-17-7-11-20(12-8-17)14-13-19-9-2-3-10-19/h4-6,15,17H,2-3,7-14H2,1H3. The topological polar surface area (TPSA) is 6.48 Å². The van der Waals surface area contributed by atoms with Crippen LogP contribution in [0.1, 0.15) is 31.2 Å². The Labute approximate surface area is 133 Å². The molecule has 2 fully saturated rings. The Morgan fingerprint density at radius 1 is 1.00 bits per heavy atom. The summed E-state index contributed by atoms with van der Waals surface area (Å²) in [4.78, 5) is 6.75. The van der Waals surface area contributed by atoms with Crippen LogP contribution < -0.4 is 0 Å². The molecule has 0 amide bonds. The maximum atomic E-state index is 2.67. The second kappa shape index (κ2) is 7.66. The summed E-state index contributed by atoms with van der Waals surface area (Å²) in [5.74, 6) is 0. The number of likely N-dealkylation sites (tertiary alicyclic amines) is 2. The van der Waals surface area contributed by atoms with Crippen LogP contribution in [0.15, 0.2) is 29.2 Å². The lowest BCUT2D eigenvalue weighted by molar-refractivity contribution is 0.199. The molecule has 0 spiro atoms. The number of piperidine rings is 1. The van der Waals surface area contributed by atoms with Gasteiger partial charge in [0, 0.05) is 23.2 Å². The maximum Gasteiger partial charge on any atom is 0.0119 e. The molecule has 2 saturated heterocycles. The molecular formula is C18H28N2S. The van der Waals surface area contributed by atoms with Gasteiger partial charge in [-0.2, -0.15) is 0 Å². The van der Waals surface area contributed by atoms with Crippen LogP contribution in [0.4, 0.5) is 0 Å². The van der Waals surface area contributed by atoms with E-state index in [4.69, 9.17) is 0 Å². The Morgan fingerprint density at radius 3 is 2.33 bits per heavy atom. The fourth-order valence-corrected chi connectivity index (χ4v) is 4.66. The highest BCUT2D eigenvalue weighted by molar-refractivity contribution is 8.00. The first-order valence-corrected chi connectivity index (χ1v) is 9.35. The Balaban J connectivity index is 1.38. The third kappa shape index (κ3) is 4.73. The van der Waals surface area contributed by atoms with Gasteiger partial charge in [-0.05, 0) is 70.9 Å². The van der Waals surface area contributed by atoms with Crippen molar-refractivity contribution in [3.8, 4) is 0 Å². The number of rotatable bonds is 5. The van der Waals surface area contributed by atoms with Crippen LogP contribution in [0.2, 0.25) is 0 Å². The van der Waals surface area contributed by atoms with Crippen molar-refractivity contribution in [2.24, 2.45) is 0 Å². The van der Waals surface area contributed by atoms with Crippen molar-refractivity contribution in [3.63, 3.8) is 0 Å². The molecule has 2 aliphatic rings. The summed E-state index contributed by atoms with van der Waals surface area (Å²) in [6, 6.07) is 8.95. The van der Waals surface area contributed by atoms with E-state index in [0.29, 0.717) is 0 Å². The van der Waals surface area contributed by atoms with E-state index >= 15 is 0 Å². The van der Waals surface area contributed by atoms with E-state index in [0.717, 1.165) is 5.25 Å². The van der Waals surface area contributed by atoms with Crippen molar-refractivity contribution in [2.75, 3.05) is 39.3 Å². The second-order valence-electron chi connectivity index (χ2n) is 6.52. The summed E-state index contributed by atoms with van der Waals surface area (Å²) in [6.07, 6.45) is 5.52. The van der Waals surface area contributed by atoms with E-state index in [2.05, 4.69) is 52.8 Å². The van der Waals surface area contributed by atoms with Gasteiger partial charge in [0.15, 0.2) is 0 Å². The number of aryl methyl sites for hydroxylation is 1. The van der Waals surface area contributed by atoms with Crippen molar-refractivity contribution >= 4 is 11.8 Å². The van der Waals surface area contributed by atoms with E-state index in [1.807, 2.05) is 0 Å². The van der Waals surface area contributed by atoms with Gasteiger partial charge in [0.05, 0.1) is 0 Å². The molecule has 116 valence electrons. The molecule has 0 N–H and O–H groups in total. The van der Waals surface area contributed by atoms with E-state index < -0.39 is 0 Å². The van der Waals surface area contributed by atoms with Crippen LogP contribution in [-0.4, -0.2) is 54.3 Å². The summed E-state index contributed by atoms with van der Waals surface area (Å²) in [5, 5.41) is 0.815. The molecule has 0 radical (unpaired) electrons. The molecule has 2 aliphatic heterocycles. The van der Waals surface area contributed by atoms with Crippen LogP contribution in [0.5, 0.6) is 0 Å². The van der Waals surface area contributed by atoms with Gasteiger partial charge in [0.2, 0.25) is 0 Å². The fraction of sp³-hybridized carbons (Fsp3) is 0.667. The molecule has 0 aliphatic carbocycles. The molecule has 3 heteroatoms. The highest BCUT2D eigenvalue weighted by Gasteiger charge is 2.21. The minimum atomic E-state index is 0.815. The lowest BCUT2D eigenvalue weighted by Gasteiger charge is -2.32. The zero-order valence-electron chi connectivity index (χ0n) is 13.3. The second-order valence-corrected chi connectivity index (χ2v) is 7.90. The lowest BCUT2D eigenvalue weighted by atomic mass is 10.1. The van der Waals surface area contributed by atoms with Crippen LogP contribution in [-0.2, 0) is 0 Å². The highest BCUT2D eigenvalue weighted by atomic mass is 32.2. The number of nitrogens with zero attached hydrogens (tertiary/aromatic N) is 2. The quantitative estimate of drug-likeness (QED) is 0.820. The van der Waals surface area contributed by atoms with Crippen LogP contribution in [0, 0.1) is 6.92 Å². The molecule has 1 aromatic rings. The molecule has 0 bridgehead atoms. The van der Waals surface area contributed by atoms with Crippen molar-refractivity contribution in [2.45, 2.75) is 42.8 Å². The van der Waals surface area contributed by atoms with Crippen molar-refractivity contribution in [1.29, 1.82) is 0 Å². The van der Waals surface area contributed by atoms with Gasteiger partial charge >= 0.3 is 0 Å². The first-order chi connectivity index (χ1) is 10.3. The minimum absolute atomic E-state index is 0.815. The zero-order chi connectivity index (χ0) is 14.5. The third-order valence-electron chi connectivity index (χ3n) is 4.76. The normalized spacial score (nSPS) is 22.0. The first-order valence-electron chi connectivity index (χ1n) is 8.48. The lowest BCUT2D eigenvalue weighted by Crippen LogP contribution is -2.39. The van der Waals surface area contributed by atoms with E-state index in [1.165, 1.54) is 75.4 Å². The monoisotopic (exact) mass is 304 g/mol. The fourth-order valence-electron chi connectivity index (χ4n) is 3.42. The van der Waals surface area contributed by atoms with Crippen molar-refractivity contribution < 1.29 is 0 Å². The van der Waals surface area contributed by atoms with Crippen molar-refractivity contribution in [3.05, 3.63) is 29.8 Å². The molecular weight excluding hydrogens is 276 g/mol. The smallest absolute Gasteiger partial charge is 0.0119 e. The molecule has 0 saturated carbocycles. The molecule has 0 atom stereocenters. The zero-order valence-corrected chi connectivity index (χ0v) is 14.1. The van der Waals surface area contributed by atoms with E-state index in [-0.39, 0.29) is 0 Å². The SMILES string of the molecule is Cc1cccc(SC2CCN(CCN3CCCC3)CC2)c1. The Hall–Kier alpha value is -0.510. The number of hydrogen-bond acceptors (Lipinski definition) is 3. The highest BCUT2D eigenvalue weighted by Crippen LogP contribution is 2.30. The summed E-state index contributed by atoms with van der Waals surface area (Å²) in [5.41, 5.74) is 1.38. The first kappa shape index (κ1) is 15.4. The third-order valence-corrected chi connectivity index (χ3v) is 6.09. The molecule has 2 nitrogen and oxygen atoms in total. The van der Waals surface area contributed by atoms with E-state index in [1.54, 1.807) is 0 Å². The summed E-state index contributed by atoms with van der Waals surface area (Å²) in [6.45, 7) is 10.00. The van der Waals surface area contributed by atoms with Gasteiger partial charge in [0.1, 0.15) is 0 Å². The van der Waals surface area contributed by atoms with E-state index in [9.17, 15) is 0 Å². The molecule has 3 rings (SSSR count). The Morgan fingerprint density at radius 2 is 1.67 bits per heavy atom. The Bertz CT molecular complexity index is 435. The number of benzene rings is 1. The summed E-state index contributed by atoms with van der Waals surface area (Å²) < 4.78 is 0. The predicted molar refractivity (Wildman–Crippen MR) is 92.2 cm³/mol. The van der Waals surface area contributed by atoms with Gasteiger partial charge in [-0.15, -0.1) is 11.8 Å². The van der Waals surface area contributed by atoms with Gasteiger partial charge in [-0.25, -0.2) is 0 Å². The predicted octanol–water partition coefficient (Wildman–Crippen LogP) is 3.65. The number of thioether (sulfide) groups is 1. The Kier molecular flexibility index (Phi) is 5.61. The average Bonchev–Trinajstić information content (AvgIpc) is 3.00. The average molecular weight is 305 g/mol. The van der Waals surface area contributed by atoms with Gasteiger partial charge in [0.25, 0.3) is 0 Å². The van der Waals surface area contributed by atoms with Gasteiger partial charge in [-0.1, -0.05) is 17.7 Å². The number of hydrogen-bond donors (Lipinski definition) is 0. The molecule has 21 heavy (non-hydrogen) atoms. The van der Waals surface area contributed by atoms with Crippen molar-refractivity contribution in [1.82, 2.24) is 9.80 Å². The minimum Gasteiger partial charge on any atom is -0.302 e. The van der Waals surface area contributed by atoms with Crippen LogP contribution in [0.25, 0.3) is 0 Å². The summed E-state index contributed by atoms with van der Waals surface area (Å²) in [7, 11) is 0.